The molecule has 1 heterocycles. The summed E-state index contributed by atoms with van der Waals surface area (Å²) in [7, 11) is 3.88. The first-order valence-electron chi connectivity index (χ1n) is 4.97. The van der Waals surface area contributed by atoms with E-state index in [2.05, 4.69) is 11.2 Å². The Kier molecular flexibility index (Phi) is 4.91. The van der Waals surface area contributed by atoms with Gasteiger partial charge >= 0.3 is 0 Å². The second-order valence-electron chi connectivity index (χ2n) is 3.66. The summed E-state index contributed by atoms with van der Waals surface area (Å²) in [6.07, 6.45) is 3.97. The van der Waals surface area contributed by atoms with Crippen molar-refractivity contribution in [1.82, 2.24) is 9.47 Å². The quantitative estimate of drug-likeness (QED) is 0.687. The maximum absolute atomic E-state index is 11.8. The summed E-state index contributed by atoms with van der Waals surface area (Å²) in [4.78, 5) is 13.9. The molecule has 1 aromatic rings. The molecule has 84 valence electrons. The zero-order chi connectivity index (χ0) is 11.3. The SMILES string of the molecule is CSCCN(C)CC(=O)c1cccn1C. The average Bonchev–Trinajstić information content (AvgIpc) is 2.61. The van der Waals surface area contributed by atoms with E-state index in [1.54, 1.807) is 11.8 Å². The highest BCUT2D eigenvalue weighted by Gasteiger charge is 2.11. The van der Waals surface area contributed by atoms with Crippen molar-refractivity contribution in [2.24, 2.45) is 7.05 Å². The normalized spacial score (nSPS) is 10.9. The molecule has 1 aromatic heterocycles. The minimum Gasteiger partial charge on any atom is -0.348 e. The first-order chi connectivity index (χ1) is 7.15. The summed E-state index contributed by atoms with van der Waals surface area (Å²) >= 11 is 1.80. The van der Waals surface area contributed by atoms with Crippen LogP contribution in [0.3, 0.4) is 0 Å². The predicted octanol–water partition coefficient (Wildman–Crippen LogP) is 1.50. The summed E-state index contributed by atoms with van der Waals surface area (Å²) in [6.45, 7) is 1.45. The fourth-order valence-electron chi connectivity index (χ4n) is 1.40. The van der Waals surface area contributed by atoms with Crippen LogP contribution in [0.4, 0.5) is 0 Å². The fraction of sp³-hybridized carbons (Fsp3) is 0.545. The molecule has 0 saturated heterocycles. The molecule has 3 nitrogen and oxygen atoms in total. The van der Waals surface area contributed by atoms with E-state index in [4.69, 9.17) is 0 Å². The monoisotopic (exact) mass is 226 g/mol. The van der Waals surface area contributed by atoms with Gasteiger partial charge in [-0.25, -0.2) is 0 Å². The second kappa shape index (κ2) is 5.98. The zero-order valence-electron chi connectivity index (χ0n) is 9.56. The van der Waals surface area contributed by atoms with E-state index < -0.39 is 0 Å². The van der Waals surface area contributed by atoms with Crippen LogP contribution in [0.15, 0.2) is 18.3 Å². The van der Waals surface area contributed by atoms with E-state index >= 15 is 0 Å². The third-order valence-corrected chi connectivity index (χ3v) is 2.91. The summed E-state index contributed by atoms with van der Waals surface area (Å²) in [6, 6.07) is 3.76. The smallest absolute Gasteiger partial charge is 0.193 e. The summed E-state index contributed by atoms with van der Waals surface area (Å²) in [5.41, 5.74) is 0.783. The molecule has 4 heteroatoms. The Morgan fingerprint density at radius 2 is 2.33 bits per heavy atom. The molecule has 0 fully saturated rings. The molecule has 0 amide bonds. The minimum atomic E-state index is 0.186. The van der Waals surface area contributed by atoms with Gasteiger partial charge in [0.1, 0.15) is 0 Å². The van der Waals surface area contributed by atoms with Crippen LogP contribution in [0.5, 0.6) is 0 Å². The number of nitrogens with zero attached hydrogens (tertiary/aromatic N) is 2. The zero-order valence-corrected chi connectivity index (χ0v) is 10.4. The predicted molar refractivity (Wildman–Crippen MR) is 65.6 cm³/mol. The number of ketones is 1. The number of hydrogen-bond donors (Lipinski definition) is 0. The first-order valence-corrected chi connectivity index (χ1v) is 6.36. The Hall–Kier alpha value is -0.740. The van der Waals surface area contributed by atoms with Crippen LogP contribution in [-0.4, -0.2) is 47.4 Å². The van der Waals surface area contributed by atoms with Crippen LogP contribution in [0, 0.1) is 0 Å². The molecular formula is C11H18N2OS. The van der Waals surface area contributed by atoms with E-state index in [0.29, 0.717) is 6.54 Å². The highest BCUT2D eigenvalue weighted by molar-refractivity contribution is 7.98. The molecule has 0 bridgehead atoms. The Balaban J connectivity index is 2.46. The molecule has 0 aromatic carbocycles. The average molecular weight is 226 g/mol. The number of hydrogen-bond acceptors (Lipinski definition) is 3. The number of rotatable bonds is 6. The van der Waals surface area contributed by atoms with Gasteiger partial charge in [-0.2, -0.15) is 11.8 Å². The van der Waals surface area contributed by atoms with Crippen LogP contribution in [-0.2, 0) is 7.05 Å². The molecule has 0 spiro atoms. The van der Waals surface area contributed by atoms with Gasteiger partial charge in [0.15, 0.2) is 5.78 Å². The number of aromatic nitrogens is 1. The maximum atomic E-state index is 11.8. The van der Waals surface area contributed by atoms with Gasteiger partial charge in [-0.1, -0.05) is 0 Å². The van der Waals surface area contributed by atoms with E-state index in [-0.39, 0.29) is 5.78 Å². The molecule has 0 N–H and O–H groups in total. The summed E-state index contributed by atoms with van der Waals surface area (Å²) in [5.74, 6) is 1.25. The van der Waals surface area contributed by atoms with Crippen molar-refractivity contribution >= 4 is 17.5 Å². The van der Waals surface area contributed by atoms with Crippen molar-refractivity contribution in [2.75, 3.05) is 32.1 Å². The molecule has 0 aliphatic heterocycles. The lowest BCUT2D eigenvalue weighted by Crippen LogP contribution is -2.28. The van der Waals surface area contributed by atoms with Crippen molar-refractivity contribution in [3.8, 4) is 0 Å². The van der Waals surface area contributed by atoms with Gasteiger partial charge in [0, 0.05) is 25.5 Å². The standard InChI is InChI=1S/C11H18N2OS/c1-12(7-8-15-3)9-11(14)10-5-4-6-13(10)2/h4-6H,7-9H2,1-3H3. The lowest BCUT2D eigenvalue weighted by atomic mass is 10.2. The number of thioether (sulfide) groups is 1. The third kappa shape index (κ3) is 3.72. The molecule has 0 atom stereocenters. The molecule has 0 unspecified atom stereocenters. The van der Waals surface area contributed by atoms with E-state index in [1.807, 2.05) is 37.0 Å². The van der Waals surface area contributed by atoms with Crippen LogP contribution >= 0.6 is 11.8 Å². The summed E-state index contributed by atoms with van der Waals surface area (Å²) in [5, 5.41) is 0. The molecular weight excluding hydrogens is 208 g/mol. The summed E-state index contributed by atoms with van der Waals surface area (Å²) < 4.78 is 1.87. The van der Waals surface area contributed by atoms with Gasteiger partial charge < -0.3 is 4.57 Å². The van der Waals surface area contributed by atoms with Crippen molar-refractivity contribution in [2.45, 2.75) is 0 Å². The van der Waals surface area contributed by atoms with Gasteiger partial charge in [-0.15, -0.1) is 0 Å². The lowest BCUT2D eigenvalue weighted by molar-refractivity contribution is 0.0941. The van der Waals surface area contributed by atoms with Crippen molar-refractivity contribution in [3.05, 3.63) is 24.0 Å². The molecule has 0 aliphatic rings. The van der Waals surface area contributed by atoms with Gasteiger partial charge in [0.05, 0.1) is 12.2 Å². The highest BCUT2D eigenvalue weighted by atomic mass is 32.2. The van der Waals surface area contributed by atoms with Crippen LogP contribution in [0.1, 0.15) is 10.5 Å². The second-order valence-corrected chi connectivity index (χ2v) is 4.64. The topological polar surface area (TPSA) is 25.2 Å². The first kappa shape index (κ1) is 12.3. The van der Waals surface area contributed by atoms with Gasteiger partial charge in [-0.3, -0.25) is 9.69 Å². The van der Waals surface area contributed by atoms with Gasteiger partial charge in [0.2, 0.25) is 0 Å². The molecule has 0 aliphatic carbocycles. The van der Waals surface area contributed by atoms with Crippen molar-refractivity contribution < 1.29 is 4.79 Å². The molecule has 0 radical (unpaired) electrons. The lowest BCUT2D eigenvalue weighted by Gasteiger charge is -2.14. The Morgan fingerprint density at radius 1 is 1.60 bits per heavy atom. The Morgan fingerprint density at radius 3 is 2.87 bits per heavy atom. The number of aryl methyl sites for hydroxylation is 1. The van der Waals surface area contributed by atoms with Crippen LogP contribution < -0.4 is 0 Å². The minimum absolute atomic E-state index is 0.186. The van der Waals surface area contributed by atoms with Crippen LogP contribution in [0.25, 0.3) is 0 Å². The molecule has 0 saturated carbocycles. The number of carbonyl (C=O) groups excluding carboxylic acids is 1. The number of Topliss-reactive ketones (excluding diaryl/α,β-unsaturated/α-hetero) is 1. The maximum Gasteiger partial charge on any atom is 0.193 e. The molecule has 1 rings (SSSR count). The van der Waals surface area contributed by atoms with E-state index in [1.165, 1.54) is 0 Å². The Bertz CT molecular complexity index is 322. The van der Waals surface area contributed by atoms with Crippen molar-refractivity contribution in [3.63, 3.8) is 0 Å². The van der Waals surface area contributed by atoms with E-state index in [9.17, 15) is 4.79 Å². The largest absolute Gasteiger partial charge is 0.348 e. The number of carbonyl (C=O) groups is 1. The fourth-order valence-corrected chi connectivity index (χ4v) is 1.90. The highest BCUT2D eigenvalue weighted by Crippen LogP contribution is 2.02. The van der Waals surface area contributed by atoms with Crippen molar-refractivity contribution in [1.29, 1.82) is 0 Å². The number of likely N-dealkylation sites (N-methyl/N-ethyl adjacent to an activating group) is 1. The van der Waals surface area contributed by atoms with Gasteiger partial charge in [0.25, 0.3) is 0 Å². The van der Waals surface area contributed by atoms with E-state index in [0.717, 1.165) is 18.0 Å². The Labute approximate surface area is 95.4 Å². The third-order valence-electron chi connectivity index (χ3n) is 2.32. The van der Waals surface area contributed by atoms with Crippen LogP contribution in [0.2, 0.25) is 0 Å². The van der Waals surface area contributed by atoms with Gasteiger partial charge in [-0.05, 0) is 25.4 Å². The molecule has 15 heavy (non-hydrogen) atoms.